The number of pyridine rings is 2. The summed E-state index contributed by atoms with van der Waals surface area (Å²) in [4.78, 5) is 56.5. The van der Waals surface area contributed by atoms with Crippen LogP contribution in [0.1, 0.15) is 39.3 Å². The highest BCUT2D eigenvalue weighted by Gasteiger charge is 2.25. The zero-order valence-electron chi connectivity index (χ0n) is 30.1. The molecule has 284 valence electrons. The number of carboxylic acid groups (broad SMARTS) is 1. The smallest absolute Gasteiger partial charge is 0.336 e. The Morgan fingerprint density at radius 2 is 1.70 bits per heavy atom. The quantitative estimate of drug-likeness (QED) is 0.0762. The zero-order chi connectivity index (χ0) is 39.8. The summed E-state index contributed by atoms with van der Waals surface area (Å²) >= 11 is 0. The third-order valence-electron chi connectivity index (χ3n) is 9.35. The number of nitrogens with one attached hydrogen (secondary N) is 2. The lowest BCUT2D eigenvalue weighted by Gasteiger charge is -2.17. The molecule has 4 N–H and O–H groups in total. The number of unbranched alkanes of at least 4 members (excludes halogenated alkanes) is 1. The van der Waals surface area contributed by atoms with Crippen LogP contribution >= 0.6 is 0 Å². The molecule has 1 aliphatic carbocycles. The van der Waals surface area contributed by atoms with Crippen molar-refractivity contribution in [2.75, 3.05) is 18.4 Å². The van der Waals surface area contributed by atoms with E-state index in [1.165, 1.54) is 18.2 Å². The molecule has 0 saturated heterocycles. The average Bonchev–Trinajstić information content (AvgIpc) is 3.59. The summed E-state index contributed by atoms with van der Waals surface area (Å²) in [5.41, 5.74) is 3.16. The van der Waals surface area contributed by atoms with Crippen molar-refractivity contribution in [2.45, 2.75) is 19.8 Å². The first kappa shape index (κ1) is 36.4. The van der Waals surface area contributed by atoms with E-state index in [1.54, 1.807) is 6.20 Å². The van der Waals surface area contributed by atoms with Crippen molar-refractivity contribution in [1.29, 1.82) is 0 Å². The summed E-state index contributed by atoms with van der Waals surface area (Å²) < 4.78 is 36.8. The summed E-state index contributed by atoms with van der Waals surface area (Å²) in [5.74, 6) is -4.55. The molecule has 1 aliphatic heterocycles. The molecule has 2 aromatic carbocycles. The van der Waals surface area contributed by atoms with Crippen molar-refractivity contribution in [3.05, 3.63) is 136 Å². The molecule has 13 nitrogen and oxygen atoms in total. The molecule has 0 bridgehead atoms. The molecule has 0 atom stereocenters. The maximum absolute atomic E-state index is 14.6. The number of hydrogen-bond acceptors (Lipinski definition) is 10. The number of aryl methyl sites for hydroxylation is 1. The highest BCUT2D eigenvalue weighted by Crippen LogP contribution is 2.43. The van der Waals surface area contributed by atoms with Crippen molar-refractivity contribution in [3.63, 3.8) is 0 Å². The Morgan fingerprint density at radius 1 is 0.860 bits per heavy atom. The van der Waals surface area contributed by atoms with Crippen molar-refractivity contribution in [3.8, 4) is 51.0 Å². The summed E-state index contributed by atoms with van der Waals surface area (Å²) in [7, 11) is 0. The molecular formula is C42H31F2N7O6. The molecule has 4 aromatic heterocycles. The van der Waals surface area contributed by atoms with E-state index in [-0.39, 0.29) is 51.1 Å². The van der Waals surface area contributed by atoms with Crippen LogP contribution in [0.5, 0.6) is 5.75 Å². The molecule has 15 heteroatoms. The Labute approximate surface area is 321 Å². The van der Waals surface area contributed by atoms with Crippen LogP contribution < -0.4 is 16.1 Å². The van der Waals surface area contributed by atoms with Gasteiger partial charge in [-0.3, -0.25) is 19.0 Å². The van der Waals surface area contributed by atoms with Gasteiger partial charge in [0.2, 0.25) is 11.4 Å². The van der Waals surface area contributed by atoms with E-state index in [4.69, 9.17) is 14.4 Å². The number of fused-ring (bicyclic) bond motifs is 3. The van der Waals surface area contributed by atoms with E-state index in [1.807, 2.05) is 60.0 Å². The minimum atomic E-state index is -1.41. The van der Waals surface area contributed by atoms with E-state index in [0.717, 1.165) is 47.0 Å². The lowest BCUT2D eigenvalue weighted by Crippen LogP contribution is -2.25. The number of carbonyl (C=O) groups is 2. The van der Waals surface area contributed by atoms with Crippen LogP contribution in [0.3, 0.4) is 0 Å². The molecule has 0 fully saturated rings. The number of nitrogens with zero attached hydrogens (tertiary/aromatic N) is 5. The predicted octanol–water partition coefficient (Wildman–Crippen LogP) is 7.34. The number of amides is 1. The number of imidazole rings is 1. The number of hydrogen-bond donors (Lipinski definition) is 4. The summed E-state index contributed by atoms with van der Waals surface area (Å²) in [6, 6.07) is 20.9. The summed E-state index contributed by atoms with van der Waals surface area (Å²) in [6.45, 7) is 2.69. The third kappa shape index (κ3) is 7.09. The Hall–Kier alpha value is -7.55. The Balaban J connectivity index is 0.954. The number of aromatic hydroxyl groups is 1. The number of halogens is 2. The van der Waals surface area contributed by atoms with Gasteiger partial charge in [-0.15, -0.1) is 0 Å². The third-order valence-corrected chi connectivity index (χ3v) is 9.35. The lowest BCUT2D eigenvalue weighted by atomic mass is 9.89. The molecule has 8 rings (SSSR count). The second kappa shape index (κ2) is 14.9. The monoisotopic (exact) mass is 767 g/mol. The molecule has 5 heterocycles. The van der Waals surface area contributed by atoms with Crippen molar-refractivity contribution in [2.24, 2.45) is 0 Å². The average molecular weight is 768 g/mol. The number of anilines is 1. The second-order valence-corrected chi connectivity index (χ2v) is 13.2. The van der Waals surface area contributed by atoms with E-state index < -0.39 is 34.7 Å². The minimum absolute atomic E-state index is 0.00482. The minimum Gasteiger partial charge on any atom is -0.505 e. The van der Waals surface area contributed by atoms with Gasteiger partial charge in [0.25, 0.3) is 5.91 Å². The first-order chi connectivity index (χ1) is 27.5. The topological polar surface area (TPSA) is 185 Å². The molecule has 0 saturated carbocycles. The molecule has 2 aliphatic rings. The van der Waals surface area contributed by atoms with Crippen molar-refractivity contribution < 1.29 is 33.0 Å². The summed E-state index contributed by atoms with van der Waals surface area (Å²) in [6.07, 6.45) is 4.78. The van der Waals surface area contributed by atoms with Gasteiger partial charge in [-0.1, -0.05) is 18.2 Å². The molecule has 0 unspecified atom stereocenters. The Bertz CT molecular complexity index is 2910. The highest BCUT2D eigenvalue weighted by molar-refractivity contribution is 6.09. The van der Waals surface area contributed by atoms with Crippen LogP contribution in [0.25, 0.3) is 61.8 Å². The maximum Gasteiger partial charge on any atom is 0.336 e. The van der Waals surface area contributed by atoms with Gasteiger partial charge in [-0.05, 0) is 79.9 Å². The van der Waals surface area contributed by atoms with Crippen LogP contribution in [0.4, 0.5) is 14.7 Å². The molecule has 0 spiro atoms. The fraction of sp³-hybridized carbons (Fsp3) is 0.119. The number of carboxylic acids is 1. The fourth-order valence-electron chi connectivity index (χ4n) is 6.70. The standard InChI is InChI=1S/C42H31F2N7O6/c1-22-7-6-8-30(48-22)38-39(51-16-5-2-9-36(51)50-38)31-12-15-47-42(49-31)46-14-4-3-13-45-40(54)23-10-11-24(25(17-23)41(55)56)37-26-18-28(43)32(52)20-34(26)57-35-21-33(53)29(44)19-27(35)37/h2,5-12,15-21,52H,3-4,13-14H2,1H3,(H,45,54)(H,55,56)(H,46,47,49). The number of aromatic nitrogens is 5. The SMILES string of the molecule is Cc1cccc(-c2nc3ccccn3c2-c2ccnc(NCCCCNC(=O)c3ccc(-c4c5cc(F)c(=O)cc-5oc5cc(O)c(F)cc45)c(C(=O)O)c3)n2)n1. The van der Waals surface area contributed by atoms with E-state index >= 15 is 0 Å². The van der Waals surface area contributed by atoms with Gasteiger partial charge < -0.3 is 25.3 Å². The van der Waals surface area contributed by atoms with Crippen molar-refractivity contribution >= 4 is 34.4 Å². The van der Waals surface area contributed by atoms with Gasteiger partial charge in [0.15, 0.2) is 17.4 Å². The Morgan fingerprint density at radius 3 is 2.53 bits per heavy atom. The highest BCUT2D eigenvalue weighted by atomic mass is 19.1. The molecular weight excluding hydrogens is 737 g/mol. The van der Waals surface area contributed by atoms with E-state index in [9.17, 15) is 33.4 Å². The second-order valence-electron chi connectivity index (χ2n) is 13.2. The van der Waals surface area contributed by atoms with Crippen LogP contribution in [0.2, 0.25) is 0 Å². The van der Waals surface area contributed by atoms with Gasteiger partial charge >= 0.3 is 5.97 Å². The van der Waals surface area contributed by atoms with Gasteiger partial charge in [-0.2, -0.15) is 0 Å². The van der Waals surface area contributed by atoms with Gasteiger partial charge in [-0.25, -0.2) is 28.5 Å². The zero-order valence-corrected chi connectivity index (χ0v) is 30.1. The fourth-order valence-corrected chi connectivity index (χ4v) is 6.70. The first-order valence-corrected chi connectivity index (χ1v) is 17.8. The molecule has 1 amide bonds. The number of phenolic OH excluding ortho intramolecular Hbond substituents is 1. The van der Waals surface area contributed by atoms with E-state index in [0.29, 0.717) is 36.7 Å². The number of aromatic carboxylic acids is 1. The number of carbonyl (C=O) groups excluding carboxylic acids is 1. The van der Waals surface area contributed by atoms with Gasteiger partial charge in [0.05, 0.1) is 17.0 Å². The van der Waals surface area contributed by atoms with Crippen LogP contribution in [0.15, 0.2) is 107 Å². The van der Waals surface area contributed by atoms with E-state index in [2.05, 4.69) is 20.6 Å². The number of benzene rings is 3. The normalized spacial score (nSPS) is 11.4. The van der Waals surface area contributed by atoms with Crippen LogP contribution in [-0.2, 0) is 0 Å². The van der Waals surface area contributed by atoms with Crippen LogP contribution in [-0.4, -0.2) is 59.5 Å². The summed E-state index contributed by atoms with van der Waals surface area (Å²) in [5, 5.41) is 26.2. The largest absolute Gasteiger partial charge is 0.505 e. The molecule has 6 aromatic rings. The van der Waals surface area contributed by atoms with Gasteiger partial charge in [0.1, 0.15) is 28.4 Å². The van der Waals surface area contributed by atoms with Crippen molar-refractivity contribution in [1.82, 2.24) is 29.7 Å². The first-order valence-electron chi connectivity index (χ1n) is 17.8. The van der Waals surface area contributed by atoms with Crippen LogP contribution in [0, 0.1) is 18.6 Å². The van der Waals surface area contributed by atoms with Gasteiger partial charge in [0, 0.05) is 65.4 Å². The number of rotatable bonds is 11. The molecule has 57 heavy (non-hydrogen) atoms. The lowest BCUT2D eigenvalue weighted by molar-refractivity contribution is 0.0697. The predicted molar refractivity (Wildman–Crippen MR) is 207 cm³/mol. The molecule has 0 radical (unpaired) electrons. The number of phenols is 1. The maximum atomic E-state index is 14.6. The Kier molecular flexibility index (Phi) is 9.55.